The Bertz CT molecular complexity index is 380. The number of halogens is 3. The minimum atomic E-state index is -4.13. The van der Waals surface area contributed by atoms with Crippen molar-refractivity contribution in [1.29, 1.82) is 0 Å². The zero-order valence-corrected chi connectivity index (χ0v) is 10.3. The van der Waals surface area contributed by atoms with Crippen LogP contribution in [0, 0.1) is 6.92 Å². The Hall–Kier alpha value is -1.30. The molecular formula is C12H17F3N2O. The molecule has 0 radical (unpaired) electrons. The van der Waals surface area contributed by atoms with Gasteiger partial charge in [0.1, 0.15) is 5.75 Å². The Morgan fingerprint density at radius 3 is 2.67 bits per heavy atom. The van der Waals surface area contributed by atoms with Gasteiger partial charge in [0.05, 0.1) is 12.3 Å². The van der Waals surface area contributed by atoms with Crippen LogP contribution in [0.2, 0.25) is 0 Å². The van der Waals surface area contributed by atoms with Crippen LogP contribution in [-0.4, -0.2) is 24.3 Å². The smallest absolute Gasteiger partial charge is 0.389 e. The quantitative estimate of drug-likeness (QED) is 0.802. The van der Waals surface area contributed by atoms with Crippen LogP contribution < -0.4 is 10.5 Å². The van der Waals surface area contributed by atoms with Crippen molar-refractivity contribution < 1.29 is 17.9 Å². The third-order valence-corrected chi connectivity index (χ3v) is 2.31. The Morgan fingerprint density at radius 2 is 2.06 bits per heavy atom. The lowest BCUT2D eigenvalue weighted by Crippen LogP contribution is -2.11. The Morgan fingerprint density at radius 1 is 1.33 bits per heavy atom. The van der Waals surface area contributed by atoms with Gasteiger partial charge in [-0.25, -0.2) is 0 Å². The van der Waals surface area contributed by atoms with Crippen LogP contribution in [-0.2, 0) is 6.42 Å². The van der Waals surface area contributed by atoms with Gasteiger partial charge < -0.3 is 10.5 Å². The molecule has 6 heteroatoms. The van der Waals surface area contributed by atoms with E-state index in [1.807, 2.05) is 6.92 Å². The number of nitrogens with two attached hydrogens (primary N) is 1. The summed E-state index contributed by atoms with van der Waals surface area (Å²) in [6, 6.07) is 3.49. The van der Waals surface area contributed by atoms with E-state index in [-0.39, 0.29) is 13.0 Å². The van der Waals surface area contributed by atoms with E-state index in [0.29, 0.717) is 24.4 Å². The second-order valence-electron chi connectivity index (χ2n) is 4.00. The van der Waals surface area contributed by atoms with Gasteiger partial charge in [-0.1, -0.05) is 0 Å². The number of aromatic nitrogens is 1. The summed E-state index contributed by atoms with van der Waals surface area (Å²) in [5.41, 5.74) is 6.98. The Labute approximate surface area is 104 Å². The van der Waals surface area contributed by atoms with Gasteiger partial charge in [0.2, 0.25) is 0 Å². The zero-order valence-electron chi connectivity index (χ0n) is 10.3. The molecule has 0 aliphatic rings. The van der Waals surface area contributed by atoms with Crippen LogP contribution in [0.4, 0.5) is 13.2 Å². The molecule has 1 rings (SSSR count). The van der Waals surface area contributed by atoms with Gasteiger partial charge in [-0.15, -0.1) is 0 Å². The highest BCUT2D eigenvalue weighted by molar-refractivity contribution is 5.29. The maximum absolute atomic E-state index is 11.9. The summed E-state index contributed by atoms with van der Waals surface area (Å²) in [6.07, 6.45) is -4.47. The van der Waals surface area contributed by atoms with Gasteiger partial charge in [-0.2, -0.15) is 13.2 Å². The number of aryl methyl sites for hydroxylation is 1. The molecule has 0 saturated carbocycles. The predicted octanol–water partition coefficient (Wildman–Crippen LogP) is 2.61. The van der Waals surface area contributed by atoms with Crippen LogP contribution in [0.15, 0.2) is 12.1 Å². The van der Waals surface area contributed by atoms with Crippen LogP contribution >= 0.6 is 0 Å². The topological polar surface area (TPSA) is 48.1 Å². The lowest BCUT2D eigenvalue weighted by molar-refractivity contribution is -0.136. The molecule has 0 atom stereocenters. The van der Waals surface area contributed by atoms with Crippen LogP contribution in [0.3, 0.4) is 0 Å². The second-order valence-corrected chi connectivity index (χ2v) is 4.00. The van der Waals surface area contributed by atoms with Crippen molar-refractivity contribution in [3.05, 3.63) is 23.5 Å². The molecule has 1 heterocycles. The monoisotopic (exact) mass is 262 g/mol. The molecule has 0 fully saturated rings. The summed E-state index contributed by atoms with van der Waals surface area (Å²) in [5, 5.41) is 0. The fraction of sp³-hybridized carbons (Fsp3) is 0.583. The first-order valence-corrected chi connectivity index (χ1v) is 5.78. The van der Waals surface area contributed by atoms with E-state index in [2.05, 4.69) is 4.98 Å². The van der Waals surface area contributed by atoms with E-state index < -0.39 is 12.6 Å². The van der Waals surface area contributed by atoms with E-state index in [9.17, 15) is 13.2 Å². The van der Waals surface area contributed by atoms with Crippen molar-refractivity contribution in [2.45, 2.75) is 32.4 Å². The van der Waals surface area contributed by atoms with Gasteiger partial charge in [0.25, 0.3) is 0 Å². The standard InChI is InChI=1S/C12H17F3N2O/c1-9-3-4-11(10(17-9)5-7-16)18-8-2-6-12(13,14)15/h3-4H,2,5-8,16H2,1H3. The lowest BCUT2D eigenvalue weighted by Gasteiger charge is -2.11. The molecule has 0 saturated heterocycles. The van der Waals surface area contributed by atoms with Gasteiger partial charge in [-0.3, -0.25) is 4.98 Å². The summed E-state index contributed by atoms with van der Waals surface area (Å²) in [7, 11) is 0. The largest absolute Gasteiger partial charge is 0.492 e. The number of pyridine rings is 1. The number of ether oxygens (including phenoxy) is 1. The van der Waals surface area contributed by atoms with E-state index in [4.69, 9.17) is 10.5 Å². The highest BCUT2D eigenvalue weighted by Crippen LogP contribution is 2.22. The zero-order chi connectivity index (χ0) is 13.6. The molecule has 18 heavy (non-hydrogen) atoms. The average Bonchev–Trinajstić information content (AvgIpc) is 2.26. The molecule has 0 spiro atoms. The Balaban J connectivity index is 2.51. The molecule has 0 unspecified atom stereocenters. The first kappa shape index (κ1) is 14.8. The number of hydrogen-bond acceptors (Lipinski definition) is 3. The number of nitrogens with zero attached hydrogens (tertiary/aromatic N) is 1. The molecule has 0 aliphatic carbocycles. The summed E-state index contributed by atoms with van der Waals surface area (Å²) in [4.78, 5) is 4.26. The SMILES string of the molecule is Cc1ccc(OCCCC(F)(F)F)c(CCN)n1. The lowest BCUT2D eigenvalue weighted by atomic mass is 10.2. The molecular weight excluding hydrogens is 245 g/mol. The van der Waals surface area contributed by atoms with E-state index in [0.717, 1.165) is 5.69 Å². The van der Waals surface area contributed by atoms with Crippen LogP contribution in [0.25, 0.3) is 0 Å². The minimum absolute atomic E-state index is 0.0296. The van der Waals surface area contributed by atoms with E-state index in [1.165, 1.54) is 0 Å². The molecule has 0 bridgehead atoms. The second kappa shape index (κ2) is 6.58. The first-order valence-electron chi connectivity index (χ1n) is 5.78. The van der Waals surface area contributed by atoms with Crippen molar-refractivity contribution >= 4 is 0 Å². The molecule has 0 aromatic carbocycles. The summed E-state index contributed by atoms with van der Waals surface area (Å²) >= 11 is 0. The molecule has 1 aromatic heterocycles. The van der Waals surface area contributed by atoms with Crippen molar-refractivity contribution in [3.63, 3.8) is 0 Å². The molecule has 1 aromatic rings. The predicted molar refractivity (Wildman–Crippen MR) is 62.5 cm³/mol. The highest BCUT2D eigenvalue weighted by Gasteiger charge is 2.26. The van der Waals surface area contributed by atoms with Crippen molar-refractivity contribution in [3.8, 4) is 5.75 Å². The van der Waals surface area contributed by atoms with E-state index in [1.54, 1.807) is 12.1 Å². The fourth-order valence-corrected chi connectivity index (χ4v) is 1.50. The molecule has 0 amide bonds. The molecule has 2 N–H and O–H groups in total. The van der Waals surface area contributed by atoms with Crippen LogP contribution in [0.5, 0.6) is 5.75 Å². The number of hydrogen-bond donors (Lipinski definition) is 1. The fourth-order valence-electron chi connectivity index (χ4n) is 1.50. The highest BCUT2D eigenvalue weighted by atomic mass is 19.4. The molecule has 102 valence electrons. The van der Waals surface area contributed by atoms with Crippen molar-refractivity contribution in [1.82, 2.24) is 4.98 Å². The number of alkyl halides is 3. The third-order valence-electron chi connectivity index (χ3n) is 2.31. The maximum atomic E-state index is 11.9. The van der Waals surface area contributed by atoms with Crippen molar-refractivity contribution in [2.24, 2.45) is 5.73 Å². The Kier molecular flexibility index (Phi) is 5.40. The van der Waals surface area contributed by atoms with Gasteiger partial charge >= 0.3 is 6.18 Å². The third kappa shape index (κ3) is 5.35. The van der Waals surface area contributed by atoms with Gasteiger partial charge in [0.15, 0.2) is 0 Å². The van der Waals surface area contributed by atoms with E-state index >= 15 is 0 Å². The minimum Gasteiger partial charge on any atom is -0.492 e. The molecule has 0 aliphatic heterocycles. The summed E-state index contributed by atoms with van der Waals surface area (Å²) in [5.74, 6) is 0.522. The van der Waals surface area contributed by atoms with Crippen LogP contribution in [0.1, 0.15) is 24.2 Å². The maximum Gasteiger partial charge on any atom is 0.389 e. The molecule has 3 nitrogen and oxygen atoms in total. The average molecular weight is 262 g/mol. The summed E-state index contributed by atoms with van der Waals surface area (Å²) < 4.78 is 41.2. The number of rotatable bonds is 6. The van der Waals surface area contributed by atoms with Crippen molar-refractivity contribution in [2.75, 3.05) is 13.2 Å². The first-order chi connectivity index (χ1) is 8.42. The van der Waals surface area contributed by atoms with Gasteiger partial charge in [0, 0.05) is 18.5 Å². The normalized spacial score (nSPS) is 11.6. The summed E-state index contributed by atoms with van der Waals surface area (Å²) in [6.45, 7) is 2.30. The van der Waals surface area contributed by atoms with Gasteiger partial charge in [-0.05, 0) is 32.0 Å².